The number of allylic oxidation sites excluding steroid dienone is 4. The van der Waals surface area contributed by atoms with Crippen LogP contribution >= 0.6 is 0 Å². The molecule has 1 heterocycles. The summed E-state index contributed by atoms with van der Waals surface area (Å²) < 4.78 is 0. The van der Waals surface area contributed by atoms with Crippen LogP contribution in [0.25, 0.3) is 11.1 Å². The molecule has 0 unspecified atom stereocenters. The number of nitrogens with one attached hydrogen (secondary N) is 1. The van der Waals surface area contributed by atoms with Crippen molar-refractivity contribution in [2.45, 2.75) is 27.2 Å². The molecule has 136 valence electrons. The highest BCUT2D eigenvalue weighted by molar-refractivity contribution is 6.07. The summed E-state index contributed by atoms with van der Waals surface area (Å²) in [4.78, 5) is 27.0. The minimum Gasteiger partial charge on any atom is -0.508 e. The molecule has 2 aromatic rings. The topological polar surface area (TPSA) is 90.4 Å². The van der Waals surface area contributed by atoms with Gasteiger partial charge in [-0.15, -0.1) is 0 Å². The van der Waals surface area contributed by atoms with E-state index >= 15 is 0 Å². The Labute approximate surface area is 152 Å². The first kappa shape index (κ1) is 19.2. The molecule has 1 aromatic heterocycles. The van der Waals surface area contributed by atoms with Crippen molar-refractivity contribution in [1.29, 1.82) is 0 Å². The zero-order valence-electron chi connectivity index (χ0n) is 15.1. The molecule has 0 saturated carbocycles. The van der Waals surface area contributed by atoms with Gasteiger partial charge in [0.2, 0.25) is 0 Å². The first-order valence-electron chi connectivity index (χ1n) is 8.48. The lowest BCUT2D eigenvalue weighted by Gasteiger charge is -2.08. The highest BCUT2D eigenvalue weighted by atomic mass is 16.3. The Kier molecular flexibility index (Phi) is 6.17. The smallest absolute Gasteiger partial charge is 0.263 e. The van der Waals surface area contributed by atoms with E-state index in [0.29, 0.717) is 17.0 Å². The molecular weight excluding hydrogens is 330 g/mol. The molecule has 3 N–H and O–H groups in total. The third kappa shape index (κ3) is 4.51. The van der Waals surface area contributed by atoms with Crippen LogP contribution in [-0.2, 0) is 0 Å². The predicted octanol–water partition coefficient (Wildman–Crippen LogP) is 4.18. The molecule has 5 heteroatoms. The van der Waals surface area contributed by atoms with Gasteiger partial charge in [0, 0.05) is 11.8 Å². The van der Waals surface area contributed by atoms with E-state index in [2.05, 4.69) is 18.8 Å². The van der Waals surface area contributed by atoms with Gasteiger partial charge < -0.3 is 15.2 Å². The monoisotopic (exact) mass is 353 g/mol. The number of hydrogen-bond donors (Lipinski definition) is 3. The lowest BCUT2D eigenvalue weighted by atomic mass is 10.0. The Morgan fingerprint density at radius 2 is 1.85 bits per heavy atom. The molecule has 5 nitrogen and oxygen atoms in total. The first-order chi connectivity index (χ1) is 12.3. The molecule has 0 saturated heterocycles. The third-order valence-corrected chi connectivity index (χ3v) is 4.18. The fraction of sp³-hybridized carbons (Fsp3) is 0.238. The molecule has 0 aliphatic carbocycles. The van der Waals surface area contributed by atoms with Crippen LogP contribution in [0.5, 0.6) is 11.5 Å². The molecule has 0 bridgehead atoms. The van der Waals surface area contributed by atoms with Crippen molar-refractivity contribution < 1.29 is 15.0 Å². The Morgan fingerprint density at radius 3 is 2.46 bits per heavy atom. The number of pyridine rings is 1. The average Bonchev–Trinajstić information content (AvgIpc) is 2.61. The van der Waals surface area contributed by atoms with E-state index in [1.165, 1.54) is 24.4 Å². The van der Waals surface area contributed by atoms with Gasteiger partial charge in [0.1, 0.15) is 17.1 Å². The molecule has 1 atom stereocenters. The maximum atomic E-state index is 12.4. The minimum absolute atomic E-state index is 0.0838. The number of aromatic nitrogens is 1. The average molecular weight is 353 g/mol. The van der Waals surface area contributed by atoms with E-state index in [9.17, 15) is 19.8 Å². The van der Waals surface area contributed by atoms with Gasteiger partial charge in [-0.25, -0.2) is 0 Å². The van der Waals surface area contributed by atoms with Gasteiger partial charge in [0.05, 0.1) is 0 Å². The molecule has 0 radical (unpaired) electrons. The Hall–Kier alpha value is -3.08. The van der Waals surface area contributed by atoms with E-state index in [0.717, 1.165) is 12.0 Å². The zero-order valence-corrected chi connectivity index (χ0v) is 15.1. The first-order valence-corrected chi connectivity index (χ1v) is 8.48. The maximum Gasteiger partial charge on any atom is 0.263 e. The van der Waals surface area contributed by atoms with E-state index in [4.69, 9.17) is 0 Å². The van der Waals surface area contributed by atoms with Gasteiger partial charge in [-0.3, -0.25) is 9.59 Å². The summed E-state index contributed by atoms with van der Waals surface area (Å²) in [6, 6.07) is 6.10. The molecule has 0 amide bonds. The van der Waals surface area contributed by atoms with Crippen molar-refractivity contribution in [3.8, 4) is 22.6 Å². The highest BCUT2D eigenvalue weighted by Gasteiger charge is 2.18. The van der Waals surface area contributed by atoms with Crippen molar-refractivity contribution in [2.75, 3.05) is 0 Å². The Morgan fingerprint density at radius 1 is 1.19 bits per heavy atom. The molecule has 0 aliphatic rings. The molecule has 2 rings (SSSR count). The summed E-state index contributed by atoms with van der Waals surface area (Å²) in [5.74, 6) is -0.469. The second-order valence-corrected chi connectivity index (χ2v) is 6.30. The summed E-state index contributed by atoms with van der Waals surface area (Å²) in [5.41, 5.74) is 0.848. The molecule has 26 heavy (non-hydrogen) atoms. The third-order valence-electron chi connectivity index (χ3n) is 4.18. The number of benzene rings is 1. The number of rotatable bonds is 6. The van der Waals surface area contributed by atoms with Crippen LogP contribution in [0.15, 0.2) is 59.1 Å². The number of carbonyl (C=O) groups is 1. The number of ketones is 1. The molecule has 0 fully saturated rings. The van der Waals surface area contributed by atoms with Crippen LogP contribution in [-0.4, -0.2) is 21.0 Å². The predicted molar refractivity (Wildman–Crippen MR) is 103 cm³/mol. The normalized spacial score (nSPS) is 13.1. The lowest BCUT2D eigenvalue weighted by Crippen LogP contribution is -2.16. The molecule has 1 aromatic carbocycles. The largest absolute Gasteiger partial charge is 0.508 e. The van der Waals surface area contributed by atoms with Crippen molar-refractivity contribution in [3.05, 3.63) is 70.2 Å². The Bertz CT molecular complexity index is 905. The van der Waals surface area contributed by atoms with Gasteiger partial charge in [0.15, 0.2) is 5.78 Å². The van der Waals surface area contributed by atoms with Crippen LogP contribution in [0.4, 0.5) is 0 Å². The van der Waals surface area contributed by atoms with E-state index < -0.39 is 11.3 Å². The number of hydrogen-bond acceptors (Lipinski definition) is 4. The standard InChI is InChI=1S/C21H23NO4/c1-4-13(2)11-14(3)5-10-18(24)19-20(25)17(12-22-21(19)26)15-6-8-16(23)9-7-15/h5-13,23H,4H2,1-3H3,(H2,22,25,26)/b10-5+,14-11+/t13-/m0/s1. The number of carbonyl (C=O) groups excluding carboxylic acids is 1. The number of H-pyrrole nitrogens is 1. The van der Waals surface area contributed by atoms with E-state index in [-0.39, 0.29) is 17.1 Å². The zero-order chi connectivity index (χ0) is 19.3. The van der Waals surface area contributed by atoms with E-state index in [1.807, 2.05) is 13.0 Å². The van der Waals surface area contributed by atoms with E-state index in [1.54, 1.807) is 18.2 Å². The number of phenolic OH excluding ortho intramolecular Hbond substituents is 1. The number of phenols is 1. The van der Waals surface area contributed by atoms with Crippen LogP contribution in [0.2, 0.25) is 0 Å². The maximum absolute atomic E-state index is 12.4. The van der Waals surface area contributed by atoms with Gasteiger partial charge in [-0.1, -0.05) is 50.1 Å². The minimum atomic E-state index is -0.650. The fourth-order valence-corrected chi connectivity index (χ4v) is 2.52. The second kappa shape index (κ2) is 8.34. The van der Waals surface area contributed by atoms with Crippen molar-refractivity contribution >= 4 is 5.78 Å². The quantitative estimate of drug-likeness (QED) is 0.413. The van der Waals surface area contributed by atoms with Gasteiger partial charge in [-0.2, -0.15) is 0 Å². The summed E-state index contributed by atoms with van der Waals surface area (Å²) in [7, 11) is 0. The molecular formula is C21H23NO4. The van der Waals surface area contributed by atoms with Crippen molar-refractivity contribution in [3.63, 3.8) is 0 Å². The van der Waals surface area contributed by atoms with Crippen LogP contribution in [0, 0.1) is 5.92 Å². The molecule has 0 spiro atoms. The summed E-state index contributed by atoms with van der Waals surface area (Å²) in [6.07, 6.45) is 7.31. The summed E-state index contributed by atoms with van der Waals surface area (Å²) in [6.45, 7) is 6.04. The summed E-state index contributed by atoms with van der Waals surface area (Å²) >= 11 is 0. The van der Waals surface area contributed by atoms with Crippen molar-refractivity contribution in [1.82, 2.24) is 4.98 Å². The van der Waals surface area contributed by atoms with Crippen LogP contribution in [0.3, 0.4) is 0 Å². The second-order valence-electron chi connectivity index (χ2n) is 6.30. The summed E-state index contributed by atoms with van der Waals surface area (Å²) in [5, 5.41) is 19.8. The van der Waals surface area contributed by atoms with Crippen LogP contribution in [0.1, 0.15) is 37.6 Å². The Balaban J connectivity index is 2.39. The van der Waals surface area contributed by atoms with Gasteiger partial charge >= 0.3 is 0 Å². The lowest BCUT2D eigenvalue weighted by molar-refractivity contribution is 0.104. The highest BCUT2D eigenvalue weighted by Crippen LogP contribution is 2.31. The van der Waals surface area contributed by atoms with Crippen molar-refractivity contribution in [2.24, 2.45) is 5.92 Å². The molecule has 0 aliphatic heterocycles. The van der Waals surface area contributed by atoms with Gasteiger partial charge in [0.25, 0.3) is 5.56 Å². The fourth-order valence-electron chi connectivity index (χ4n) is 2.52. The number of aromatic amines is 1. The van der Waals surface area contributed by atoms with Crippen LogP contribution < -0.4 is 5.56 Å². The SMILES string of the molecule is CC[C@H](C)/C=C(C)/C=C/C(=O)c1c(O)c(-c2ccc(O)cc2)c[nH]c1=O. The number of aromatic hydroxyl groups is 2. The van der Waals surface area contributed by atoms with Gasteiger partial charge in [-0.05, 0) is 36.6 Å².